The number of ether oxygens (including phenoxy) is 2. The number of nitrogens with one attached hydrogen (secondary N) is 1. The Morgan fingerprint density at radius 2 is 1.82 bits per heavy atom. The number of rotatable bonds is 2. The van der Waals surface area contributed by atoms with Gasteiger partial charge in [-0.3, -0.25) is 4.98 Å². The highest BCUT2D eigenvalue weighted by molar-refractivity contribution is 5.79. The Balaban J connectivity index is 1.80. The predicted octanol–water partition coefficient (Wildman–Crippen LogP) is 3.22. The summed E-state index contributed by atoms with van der Waals surface area (Å²) in [4.78, 5) is 11.9. The zero-order valence-electron chi connectivity index (χ0n) is 12.2. The van der Waals surface area contributed by atoms with Crippen LogP contribution in [-0.4, -0.2) is 28.2 Å². The molecule has 0 radical (unpaired) electrons. The molecule has 2 aromatic heterocycles. The van der Waals surface area contributed by atoms with Gasteiger partial charge in [0.25, 0.3) is 0 Å². The third-order valence-electron chi connectivity index (χ3n) is 3.64. The van der Waals surface area contributed by atoms with Crippen LogP contribution in [0.25, 0.3) is 22.5 Å². The Morgan fingerprint density at radius 1 is 0.955 bits per heavy atom. The van der Waals surface area contributed by atoms with Gasteiger partial charge in [0.05, 0.1) is 17.7 Å². The standard InChI is InChI=1S/C17H15N3O2/c1-11-8-13(4-5-18-11)17-16(19-10-20-17)12-2-3-14-15(9-12)22-7-6-21-14/h2-5,8-10H,6-7H2,1H3,(H,19,20). The van der Waals surface area contributed by atoms with E-state index < -0.39 is 0 Å². The first-order valence-electron chi connectivity index (χ1n) is 7.18. The van der Waals surface area contributed by atoms with Crippen LogP contribution in [0.3, 0.4) is 0 Å². The van der Waals surface area contributed by atoms with Crippen LogP contribution < -0.4 is 9.47 Å². The highest BCUT2D eigenvalue weighted by atomic mass is 16.6. The topological polar surface area (TPSA) is 60.0 Å². The number of nitrogens with zero attached hydrogens (tertiary/aromatic N) is 2. The monoisotopic (exact) mass is 293 g/mol. The second-order valence-electron chi connectivity index (χ2n) is 5.17. The number of imidazole rings is 1. The van der Waals surface area contributed by atoms with Gasteiger partial charge in [-0.2, -0.15) is 0 Å². The summed E-state index contributed by atoms with van der Waals surface area (Å²) in [5, 5.41) is 0. The van der Waals surface area contributed by atoms with Gasteiger partial charge in [0.1, 0.15) is 13.2 Å². The van der Waals surface area contributed by atoms with Crippen LogP contribution in [-0.2, 0) is 0 Å². The zero-order valence-corrected chi connectivity index (χ0v) is 12.2. The molecule has 0 bridgehead atoms. The Hall–Kier alpha value is -2.82. The van der Waals surface area contributed by atoms with E-state index in [2.05, 4.69) is 15.0 Å². The molecule has 1 aromatic carbocycles. The lowest BCUT2D eigenvalue weighted by Crippen LogP contribution is -2.15. The van der Waals surface area contributed by atoms with Crippen LogP contribution in [0.2, 0.25) is 0 Å². The van der Waals surface area contributed by atoms with Gasteiger partial charge in [-0.15, -0.1) is 0 Å². The van der Waals surface area contributed by atoms with Crippen LogP contribution in [0.15, 0.2) is 42.9 Å². The minimum Gasteiger partial charge on any atom is -0.486 e. The molecule has 0 saturated heterocycles. The second kappa shape index (κ2) is 5.18. The third kappa shape index (κ3) is 2.20. The number of aromatic nitrogens is 3. The summed E-state index contributed by atoms with van der Waals surface area (Å²) < 4.78 is 11.2. The van der Waals surface area contributed by atoms with Crippen molar-refractivity contribution in [2.75, 3.05) is 13.2 Å². The molecule has 5 nitrogen and oxygen atoms in total. The van der Waals surface area contributed by atoms with Crippen molar-refractivity contribution in [1.29, 1.82) is 0 Å². The van der Waals surface area contributed by atoms with Gasteiger partial charge in [0.15, 0.2) is 11.5 Å². The molecule has 110 valence electrons. The number of pyridine rings is 1. The number of hydrogen-bond acceptors (Lipinski definition) is 4. The van der Waals surface area contributed by atoms with E-state index in [-0.39, 0.29) is 0 Å². The van der Waals surface area contributed by atoms with Crippen LogP contribution in [0.1, 0.15) is 5.69 Å². The summed E-state index contributed by atoms with van der Waals surface area (Å²) in [7, 11) is 0. The van der Waals surface area contributed by atoms with Gasteiger partial charge in [0.2, 0.25) is 0 Å². The van der Waals surface area contributed by atoms with E-state index in [1.165, 1.54) is 0 Å². The average molecular weight is 293 g/mol. The minimum absolute atomic E-state index is 0.577. The van der Waals surface area contributed by atoms with E-state index in [1.807, 2.05) is 37.3 Å². The smallest absolute Gasteiger partial charge is 0.162 e. The van der Waals surface area contributed by atoms with Crippen molar-refractivity contribution in [3.05, 3.63) is 48.5 Å². The van der Waals surface area contributed by atoms with Gasteiger partial charge in [-0.05, 0) is 37.3 Å². The summed E-state index contributed by atoms with van der Waals surface area (Å²) in [6.07, 6.45) is 3.51. The Labute approximate surface area is 128 Å². The fraction of sp³-hybridized carbons (Fsp3) is 0.176. The summed E-state index contributed by atoms with van der Waals surface area (Å²) in [6.45, 7) is 3.15. The molecule has 1 N–H and O–H groups in total. The molecule has 0 amide bonds. The number of fused-ring (bicyclic) bond motifs is 1. The van der Waals surface area contributed by atoms with E-state index in [0.717, 1.165) is 39.7 Å². The highest BCUT2D eigenvalue weighted by Gasteiger charge is 2.16. The number of H-pyrrole nitrogens is 1. The van der Waals surface area contributed by atoms with Crippen molar-refractivity contribution in [3.8, 4) is 34.0 Å². The SMILES string of the molecule is Cc1cc(-c2[nH]cnc2-c2ccc3c(c2)OCCO3)ccn1. The minimum atomic E-state index is 0.577. The lowest BCUT2D eigenvalue weighted by Gasteiger charge is -2.18. The molecular weight excluding hydrogens is 278 g/mol. The molecular formula is C17H15N3O2. The van der Waals surface area contributed by atoms with Crippen LogP contribution >= 0.6 is 0 Å². The molecule has 22 heavy (non-hydrogen) atoms. The summed E-state index contributed by atoms with van der Waals surface area (Å²) in [6, 6.07) is 9.92. The van der Waals surface area contributed by atoms with Crippen LogP contribution in [0, 0.1) is 6.92 Å². The maximum absolute atomic E-state index is 5.65. The molecule has 5 heteroatoms. The Bertz CT molecular complexity index is 826. The van der Waals surface area contributed by atoms with Crippen molar-refractivity contribution >= 4 is 0 Å². The van der Waals surface area contributed by atoms with Gasteiger partial charge < -0.3 is 14.5 Å². The maximum Gasteiger partial charge on any atom is 0.162 e. The molecule has 0 fully saturated rings. The highest BCUT2D eigenvalue weighted by Crippen LogP contribution is 2.36. The number of benzene rings is 1. The molecule has 0 saturated carbocycles. The molecule has 0 aliphatic carbocycles. The zero-order chi connectivity index (χ0) is 14.9. The molecule has 3 aromatic rings. The van der Waals surface area contributed by atoms with Gasteiger partial charge in [-0.25, -0.2) is 4.98 Å². The van der Waals surface area contributed by atoms with E-state index >= 15 is 0 Å². The molecule has 0 atom stereocenters. The number of hydrogen-bond donors (Lipinski definition) is 1. The summed E-state index contributed by atoms with van der Waals surface area (Å²) >= 11 is 0. The number of aromatic amines is 1. The van der Waals surface area contributed by atoms with Crippen molar-refractivity contribution in [3.63, 3.8) is 0 Å². The third-order valence-corrected chi connectivity index (χ3v) is 3.64. The van der Waals surface area contributed by atoms with Gasteiger partial charge >= 0.3 is 0 Å². The number of aryl methyl sites for hydroxylation is 1. The maximum atomic E-state index is 5.65. The normalized spacial score (nSPS) is 13.1. The fourth-order valence-electron chi connectivity index (χ4n) is 2.62. The van der Waals surface area contributed by atoms with E-state index in [1.54, 1.807) is 12.5 Å². The molecule has 0 spiro atoms. The van der Waals surface area contributed by atoms with Crippen LogP contribution in [0.4, 0.5) is 0 Å². The first kappa shape index (κ1) is 12.9. The quantitative estimate of drug-likeness (QED) is 0.788. The van der Waals surface area contributed by atoms with Gasteiger partial charge in [-0.1, -0.05) is 0 Å². The first-order chi connectivity index (χ1) is 10.8. The van der Waals surface area contributed by atoms with Crippen molar-refractivity contribution in [2.24, 2.45) is 0 Å². The van der Waals surface area contributed by atoms with Crippen molar-refractivity contribution < 1.29 is 9.47 Å². The molecule has 1 aliphatic rings. The fourth-order valence-corrected chi connectivity index (χ4v) is 2.62. The first-order valence-corrected chi connectivity index (χ1v) is 7.18. The summed E-state index contributed by atoms with van der Waals surface area (Å²) in [5.41, 5.74) is 4.90. The van der Waals surface area contributed by atoms with Gasteiger partial charge in [0, 0.05) is 23.0 Å². The predicted molar refractivity (Wildman–Crippen MR) is 83.0 cm³/mol. The summed E-state index contributed by atoms with van der Waals surface area (Å²) in [5.74, 6) is 1.55. The Morgan fingerprint density at radius 3 is 2.68 bits per heavy atom. The second-order valence-corrected chi connectivity index (χ2v) is 5.17. The van der Waals surface area contributed by atoms with Crippen molar-refractivity contribution in [1.82, 2.24) is 15.0 Å². The largest absolute Gasteiger partial charge is 0.486 e. The Kier molecular flexibility index (Phi) is 3.04. The van der Waals surface area contributed by atoms with Crippen LogP contribution in [0.5, 0.6) is 11.5 Å². The van der Waals surface area contributed by atoms with E-state index in [4.69, 9.17) is 9.47 Å². The lowest BCUT2D eigenvalue weighted by molar-refractivity contribution is 0.171. The molecule has 0 unspecified atom stereocenters. The average Bonchev–Trinajstić information content (AvgIpc) is 3.04. The lowest BCUT2D eigenvalue weighted by atomic mass is 10.0. The van der Waals surface area contributed by atoms with Crippen molar-refractivity contribution in [2.45, 2.75) is 6.92 Å². The van der Waals surface area contributed by atoms with E-state index in [0.29, 0.717) is 13.2 Å². The molecule has 1 aliphatic heterocycles. The molecule has 3 heterocycles. The van der Waals surface area contributed by atoms with E-state index in [9.17, 15) is 0 Å². The molecule has 4 rings (SSSR count).